The van der Waals surface area contributed by atoms with Crippen molar-refractivity contribution in [1.82, 2.24) is 0 Å². The zero-order chi connectivity index (χ0) is 5.70. The van der Waals surface area contributed by atoms with E-state index in [4.69, 9.17) is 11.6 Å². The molecule has 0 amide bonds. The van der Waals surface area contributed by atoms with Crippen LogP contribution in [-0.2, 0) is 0 Å². The summed E-state index contributed by atoms with van der Waals surface area (Å²) in [6.45, 7) is 0. The molecule has 0 N–H and O–H groups in total. The van der Waals surface area contributed by atoms with Crippen molar-refractivity contribution in [3.8, 4) is 0 Å². The molecule has 0 aromatic carbocycles. The monoisotopic (exact) mass is 248 g/mol. The summed E-state index contributed by atoms with van der Waals surface area (Å²) in [4.78, 5) is 0.546. The van der Waals surface area contributed by atoms with Crippen LogP contribution in [-0.4, -0.2) is 16.0 Å². The molecule has 0 aliphatic heterocycles. The first kappa shape index (κ1) is 8.25. The van der Waals surface area contributed by atoms with Gasteiger partial charge in [0.05, 0.1) is 0 Å². The first-order valence-electron chi connectivity index (χ1n) is 2.07. The minimum Gasteiger partial charge on any atom is -0.127 e. The summed E-state index contributed by atoms with van der Waals surface area (Å²) in [6, 6.07) is 0. The van der Waals surface area contributed by atoms with E-state index in [2.05, 4.69) is 31.9 Å². The van der Waals surface area contributed by atoms with Crippen molar-refractivity contribution in [2.45, 2.75) is 11.2 Å². The molecule has 0 bridgehead atoms. The van der Waals surface area contributed by atoms with Crippen molar-refractivity contribution in [1.29, 1.82) is 0 Å². The lowest BCUT2D eigenvalue weighted by Gasteiger charge is -1.98. The van der Waals surface area contributed by atoms with Crippen LogP contribution in [0.25, 0.3) is 0 Å². The molecule has 0 heterocycles. The van der Waals surface area contributed by atoms with Gasteiger partial charge in [0, 0.05) is 16.0 Å². The van der Waals surface area contributed by atoms with E-state index in [1.54, 1.807) is 0 Å². The predicted octanol–water partition coefficient (Wildman–Crippen LogP) is 2.77. The third kappa shape index (κ3) is 5.12. The fourth-order valence-electron chi connectivity index (χ4n) is 0.196. The first-order valence-corrected chi connectivity index (χ1v) is 4.64. The third-order valence-corrected chi connectivity index (χ3v) is 3.24. The third-order valence-electron chi connectivity index (χ3n) is 0.590. The number of rotatable bonds is 3. The largest absolute Gasteiger partial charge is 0.127 e. The standard InChI is InChI=1S/C4H7Br2Cl/c5-3-4(6)1-2-7/h4H,1-3H2/t4-/m0/s1. The molecule has 0 aromatic rings. The normalized spacial score (nSPS) is 14.1. The predicted molar refractivity (Wildman–Crippen MR) is 41.8 cm³/mol. The maximum Gasteiger partial charge on any atom is 0.0254 e. The van der Waals surface area contributed by atoms with Crippen molar-refractivity contribution in [2.24, 2.45) is 0 Å². The molecule has 0 radical (unpaired) electrons. The Balaban J connectivity index is 2.83. The molecule has 0 nitrogen and oxygen atoms in total. The molecular formula is C4H7Br2Cl. The Bertz CT molecular complexity index is 40.7. The zero-order valence-corrected chi connectivity index (χ0v) is 7.76. The lowest BCUT2D eigenvalue weighted by molar-refractivity contribution is 0.945. The van der Waals surface area contributed by atoms with E-state index >= 15 is 0 Å². The van der Waals surface area contributed by atoms with Gasteiger partial charge in [0.1, 0.15) is 0 Å². The second-order valence-corrected chi connectivity index (χ2v) is 3.55. The summed E-state index contributed by atoms with van der Waals surface area (Å²) >= 11 is 12.1. The van der Waals surface area contributed by atoms with Crippen molar-refractivity contribution in [3.05, 3.63) is 0 Å². The lowest BCUT2D eigenvalue weighted by atomic mass is 10.4. The van der Waals surface area contributed by atoms with Crippen LogP contribution in [0.3, 0.4) is 0 Å². The van der Waals surface area contributed by atoms with Crippen LogP contribution in [0.5, 0.6) is 0 Å². The van der Waals surface area contributed by atoms with E-state index in [9.17, 15) is 0 Å². The molecule has 0 spiro atoms. The summed E-state index contributed by atoms with van der Waals surface area (Å²) in [5.74, 6) is 0.738. The Morgan fingerprint density at radius 1 is 1.57 bits per heavy atom. The number of hydrogen-bond acceptors (Lipinski definition) is 0. The van der Waals surface area contributed by atoms with E-state index in [0.717, 1.165) is 17.6 Å². The number of hydrogen-bond donors (Lipinski definition) is 0. The maximum atomic E-state index is 5.42. The molecule has 0 unspecified atom stereocenters. The van der Waals surface area contributed by atoms with Crippen LogP contribution in [0.1, 0.15) is 6.42 Å². The molecule has 0 rings (SSSR count). The molecule has 3 heteroatoms. The van der Waals surface area contributed by atoms with Gasteiger partial charge >= 0.3 is 0 Å². The van der Waals surface area contributed by atoms with Gasteiger partial charge in [-0.25, -0.2) is 0 Å². The average molecular weight is 250 g/mol. The fourth-order valence-corrected chi connectivity index (χ4v) is 1.28. The number of alkyl halides is 3. The topological polar surface area (TPSA) is 0 Å². The molecule has 0 aliphatic carbocycles. The van der Waals surface area contributed by atoms with Gasteiger partial charge in [0.25, 0.3) is 0 Å². The molecular weight excluding hydrogens is 243 g/mol. The molecule has 0 saturated carbocycles. The highest BCUT2D eigenvalue weighted by atomic mass is 79.9. The van der Waals surface area contributed by atoms with Crippen molar-refractivity contribution in [3.63, 3.8) is 0 Å². The minimum atomic E-state index is 0.546. The molecule has 0 fully saturated rings. The van der Waals surface area contributed by atoms with Crippen LogP contribution < -0.4 is 0 Å². The maximum absolute atomic E-state index is 5.42. The number of halogens is 3. The van der Waals surface area contributed by atoms with Gasteiger partial charge in [-0.1, -0.05) is 31.9 Å². The highest BCUT2D eigenvalue weighted by Crippen LogP contribution is 2.08. The molecule has 0 aliphatic rings. The molecule has 1 atom stereocenters. The van der Waals surface area contributed by atoms with Crippen LogP contribution in [0.2, 0.25) is 0 Å². The van der Waals surface area contributed by atoms with Crippen molar-refractivity contribution >= 4 is 43.5 Å². The van der Waals surface area contributed by atoms with Crippen LogP contribution in [0.4, 0.5) is 0 Å². The second kappa shape index (κ2) is 5.39. The summed E-state index contributed by atoms with van der Waals surface area (Å²) in [5.41, 5.74) is 0. The van der Waals surface area contributed by atoms with Gasteiger partial charge in [0.15, 0.2) is 0 Å². The molecule has 44 valence electrons. The molecule has 0 aromatic heterocycles. The van der Waals surface area contributed by atoms with E-state index in [1.165, 1.54) is 0 Å². The minimum absolute atomic E-state index is 0.546. The SMILES string of the molecule is ClCC[C@H](Br)CBr. The first-order chi connectivity index (χ1) is 3.31. The van der Waals surface area contributed by atoms with E-state index < -0.39 is 0 Å². The van der Waals surface area contributed by atoms with Gasteiger partial charge in [-0.3, -0.25) is 0 Å². The highest BCUT2D eigenvalue weighted by molar-refractivity contribution is 9.12. The summed E-state index contributed by atoms with van der Waals surface area (Å²) < 4.78 is 0. The highest BCUT2D eigenvalue weighted by Gasteiger charge is 1.97. The van der Waals surface area contributed by atoms with Crippen LogP contribution in [0, 0.1) is 0 Å². The fraction of sp³-hybridized carbons (Fsp3) is 1.00. The summed E-state index contributed by atoms with van der Waals surface area (Å²) in [5, 5.41) is 0.986. The van der Waals surface area contributed by atoms with Crippen LogP contribution >= 0.6 is 43.5 Å². The van der Waals surface area contributed by atoms with Gasteiger partial charge in [0.2, 0.25) is 0 Å². The average Bonchev–Trinajstić information content (AvgIpc) is 1.68. The lowest BCUT2D eigenvalue weighted by Crippen LogP contribution is -1.98. The van der Waals surface area contributed by atoms with Gasteiger partial charge in [-0.05, 0) is 6.42 Å². The second-order valence-electron chi connectivity index (χ2n) is 1.23. The summed E-state index contributed by atoms with van der Waals surface area (Å²) in [6.07, 6.45) is 1.03. The van der Waals surface area contributed by atoms with E-state index in [0.29, 0.717) is 4.83 Å². The molecule has 7 heavy (non-hydrogen) atoms. The smallest absolute Gasteiger partial charge is 0.0254 e. The zero-order valence-electron chi connectivity index (χ0n) is 3.83. The van der Waals surface area contributed by atoms with E-state index in [-0.39, 0.29) is 0 Å². The van der Waals surface area contributed by atoms with Gasteiger partial charge in [-0.15, -0.1) is 11.6 Å². The Morgan fingerprint density at radius 2 is 2.14 bits per heavy atom. The van der Waals surface area contributed by atoms with Crippen LogP contribution in [0.15, 0.2) is 0 Å². The Hall–Kier alpha value is 1.25. The van der Waals surface area contributed by atoms with E-state index in [1.807, 2.05) is 0 Å². The van der Waals surface area contributed by atoms with Gasteiger partial charge in [-0.2, -0.15) is 0 Å². The van der Waals surface area contributed by atoms with Crippen molar-refractivity contribution < 1.29 is 0 Å². The summed E-state index contributed by atoms with van der Waals surface area (Å²) in [7, 11) is 0. The Kier molecular flexibility index (Phi) is 6.35. The molecule has 0 saturated heterocycles. The Morgan fingerprint density at radius 3 is 2.29 bits per heavy atom. The quantitative estimate of drug-likeness (QED) is 0.676. The Labute approximate surface area is 65.9 Å². The van der Waals surface area contributed by atoms with Crippen molar-refractivity contribution in [2.75, 3.05) is 11.2 Å². The van der Waals surface area contributed by atoms with Gasteiger partial charge < -0.3 is 0 Å².